The van der Waals surface area contributed by atoms with Crippen molar-refractivity contribution in [3.05, 3.63) is 58.6 Å². The molecule has 0 aliphatic heterocycles. The molecular weight excluding hydrogens is 216 g/mol. The number of halogens is 1. The third kappa shape index (κ3) is 1.96. The Labute approximate surface area is 101 Å². The van der Waals surface area contributed by atoms with E-state index in [1.165, 1.54) is 5.56 Å². The zero-order chi connectivity index (χ0) is 11.5. The second-order valence-electron chi connectivity index (χ2n) is 3.67. The Balaban J connectivity index is 2.69. The summed E-state index contributed by atoms with van der Waals surface area (Å²) in [6.07, 6.45) is 5.50. The second kappa shape index (κ2) is 4.43. The summed E-state index contributed by atoms with van der Waals surface area (Å²) in [4.78, 5) is 0. The van der Waals surface area contributed by atoms with Crippen LogP contribution in [0.15, 0.2) is 42.5 Å². The molecule has 1 heteroatoms. The van der Waals surface area contributed by atoms with Gasteiger partial charge in [-0.05, 0) is 24.6 Å². The van der Waals surface area contributed by atoms with Gasteiger partial charge in [0.2, 0.25) is 0 Å². The molecule has 0 fully saturated rings. The summed E-state index contributed by atoms with van der Waals surface area (Å²) in [6.45, 7) is 2.04. The van der Waals surface area contributed by atoms with Crippen molar-refractivity contribution in [3.63, 3.8) is 0 Å². The van der Waals surface area contributed by atoms with Crippen LogP contribution in [0.4, 0.5) is 0 Å². The van der Waals surface area contributed by atoms with Crippen molar-refractivity contribution in [1.29, 1.82) is 0 Å². The van der Waals surface area contributed by atoms with Gasteiger partial charge in [0.25, 0.3) is 0 Å². The summed E-state index contributed by atoms with van der Waals surface area (Å²) in [5, 5.41) is 0.726. The van der Waals surface area contributed by atoms with Crippen LogP contribution in [0.5, 0.6) is 0 Å². The topological polar surface area (TPSA) is 0 Å². The van der Waals surface area contributed by atoms with E-state index in [4.69, 9.17) is 18.0 Å². The van der Waals surface area contributed by atoms with Crippen LogP contribution in [0.2, 0.25) is 5.02 Å². The third-order valence-corrected chi connectivity index (χ3v) is 2.82. The quantitative estimate of drug-likeness (QED) is 0.636. The van der Waals surface area contributed by atoms with Crippen LogP contribution in [0.25, 0.3) is 11.1 Å². The molecule has 0 nitrogen and oxygen atoms in total. The van der Waals surface area contributed by atoms with Gasteiger partial charge in [-0.3, -0.25) is 0 Å². The highest BCUT2D eigenvalue weighted by Crippen LogP contribution is 2.30. The Kier molecular flexibility index (Phi) is 2.99. The summed E-state index contributed by atoms with van der Waals surface area (Å²) < 4.78 is 0. The molecule has 16 heavy (non-hydrogen) atoms. The molecule has 2 rings (SSSR count). The Bertz CT molecular complexity index is 562. The van der Waals surface area contributed by atoms with Crippen molar-refractivity contribution in [2.24, 2.45) is 0 Å². The van der Waals surface area contributed by atoms with Crippen molar-refractivity contribution in [3.8, 4) is 23.5 Å². The van der Waals surface area contributed by atoms with E-state index in [1.807, 2.05) is 43.3 Å². The van der Waals surface area contributed by atoms with Crippen LogP contribution in [0.1, 0.15) is 11.1 Å². The van der Waals surface area contributed by atoms with E-state index in [9.17, 15) is 0 Å². The average molecular weight is 227 g/mol. The number of rotatable bonds is 1. The van der Waals surface area contributed by atoms with Crippen LogP contribution >= 0.6 is 11.6 Å². The zero-order valence-electron chi connectivity index (χ0n) is 9.00. The van der Waals surface area contributed by atoms with Gasteiger partial charge in [-0.25, -0.2) is 0 Å². The number of hydrogen-bond donors (Lipinski definition) is 0. The van der Waals surface area contributed by atoms with E-state index in [0.29, 0.717) is 0 Å². The Hall–Kier alpha value is -1.71. The van der Waals surface area contributed by atoms with Crippen molar-refractivity contribution in [1.82, 2.24) is 0 Å². The van der Waals surface area contributed by atoms with Gasteiger partial charge in [-0.1, -0.05) is 53.4 Å². The molecule has 2 aromatic carbocycles. The molecule has 0 radical (unpaired) electrons. The lowest BCUT2D eigenvalue weighted by molar-refractivity contribution is 1.45. The SMILES string of the molecule is C#Cc1ccc(C)cc1-c1ccccc1Cl. The van der Waals surface area contributed by atoms with Crippen molar-refractivity contribution < 1.29 is 0 Å². The standard InChI is InChI=1S/C15H11Cl/c1-3-12-9-8-11(2)10-14(12)13-6-4-5-7-15(13)16/h1,4-10H,2H3. The fourth-order valence-corrected chi connectivity index (χ4v) is 1.92. The Morgan fingerprint density at radius 2 is 1.81 bits per heavy atom. The van der Waals surface area contributed by atoms with E-state index in [-0.39, 0.29) is 0 Å². The summed E-state index contributed by atoms with van der Waals surface area (Å²) in [6, 6.07) is 13.8. The van der Waals surface area contributed by atoms with Gasteiger partial charge in [0, 0.05) is 16.1 Å². The van der Waals surface area contributed by atoms with Crippen LogP contribution in [-0.2, 0) is 0 Å². The first kappa shape index (κ1) is 10.8. The molecule has 0 spiro atoms. The number of aryl methyl sites for hydroxylation is 1. The number of hydrogen-bond acceptors (Lipinski definition) is 0. The average Bonchev–Trinajstić information content (AvgIpc) is 2.29. The number of benzene rings is 2. The Morgan fingerprint density at radius 1 is 1.06 bits per heavy atom. The van der Waals surface area contributed by atoms with Gasteiger partial charge < -0.3 is 0 Å². The minimum absolute atomic E-state index is 0.726. The molecular formula is C15H11Cl. The highest BCUT2D eigenvalue weighted by molar-refractivity contribution is 6.33. The molecule has 0 atom stereocenters. The van der Waals surface area contributed by atoms with Gasteiger partial charge in [0.15, 0.2) is 0 Å². The van der Waals surface area contributed by atoms with Crippen LogP contribution in [-0.4, -0.2) is 0 Å². The van der Waals surface area contributed by atoms with E-state index in [1.54, 1.807) is 0 Å². The first-order valence-electron chi connectivity index (χ1n) is 5.04. The first-order valence-corrected chi connectivity index (χ1v) is 5.42. The maximum atomic E-state index is 6.17. The maximum Gasteiger partial charge on any atom is 0.0484 e. The normalized spacial score (nSPS) is 9.81. The molecule has 0 unspecified atom stereocenters. The molecule has 2 aromatic rings. The van der Waals surface area contributed by atoms with Crippen LogP contribution in [0, 0.1) is 19.3 Å². The molecule has 0 heterocycles. The largest absolute Gasteiger partial charge is 0.115 e. The molecule has 0 aliphatic carbocycles. The lowest BCUT2D eigenvalue weighted by Crippen LogP contribution is -1.86. The number of terminal acetylenes is 1. The van der Waals surface area contributed by atoms with E-state index >= 15 is 0 Å². The Morgan fingerprint density at radius 3 is 2.50 bits per heavy atom. The fraction of sp³-hybridized carbons (Fsp3) is 0.0667. The second-order valence-corrected chi connectivity index (χ2v) is 4.08. The van der Waals surface area contributed by atoms with Crippen molar-refractivity contribution >= 4 is 11.6 Å². The summed E-state index contributed by atoms with van der Waals surface area (Å²) in [5.41, 5.74) is 4.06. The molecule has 0 saturated heterocycles. The molecule has 0 aromatic heterocycles. The molecule has 0 amide bonds. The molecule has 0 saturated carbocycles. The molecule has 0 aliphatic rings. The zero-order valence-corrected chi connectivity index (χ0v) is 9.75. The smallest absolute Gasteiger partial charge is 0.0484 e. The van der Waals surface area contributed by atoms with Gasteiger partial charge in [0.05, 0.1) is 0 Å². The molecule has 0 bridgehead atoms. The summed E-state index contributed by atoms with van der Waals surface area (Å²) in [7, 11) is 0. The predicted molar refractivity (Wildman–Crippen MR) is 69.6 cm³/mol. The monoisotopic (exact) mass is 226 g/mol. The third-order valence-electron chi connectivity index (χ3n) is 2.49. The van der Waals surface area contributed by atoms with Gasteiger partial charge in [0.1, 0.15) is 0 Å². The lowest BCUT2D eigenvalue weighted by Gasteiger charge is -2.08. The highest BCUT2D eigenvalue weighted by Gasteiger charge is 2.06. The van der Waals surface area contributed by atoms with Crippen molar-refractivity contribution in [2.75, 3.05) is 0 Å². The summed E-state index contributed by atoms with van der Waals surface area (Å²) in [5.74, 6) is 2.69. The van der Waals surface area contributed by atoms with Crippen molar-refractivity contribution in [2.45, 2.75) is 6.92 Å². The van der Waals surface area contributed by atoms with Gasteiger partial charge >= 0.3 is 0 Å². The van der Waals surface area contributed by atoms with Gasteiger partial charge in [-0.2, -0.15) is 0 Å². The maximum absolute atomic E-state index is 6.17. The van der Waals surface area contributed by atoms with Crippen LogP contribution in [0.3, 0.4) is 0 Å². The van der Waals surface area contributed by atoms with E-state index in [0.717, 1.165) is 21.7 Å². The molecule has 0 N–H and O–H groups in total. The van der Waals surface area contributed by atoms with E-state index < -0.39 is 0 Å². The van der Waals surface area contributed by atoms with Crippen LogP contribution < -0.4 is 0 Å². The minimum atomic E-state index is 0.726. The highest BCUT2D eigenvalue weighted by atomic mass is 35.5. The summed E-state index contributed by atoms with van der Waals surface area (Å²) >= 11 is 6.17. The van der Waals surface area contributed by atoms with Gasteiger partial charge in [-0.15, -0.1) is 6.42 Å². The fourth-order valence-electron chi connectivity index (χ4n) is 1.69. The minimum Gasteiger partial charge on any atom is -0.115 e. The predicted octanol–water partition coefficient (Wildman–Crippen LogP) is 4.30. The molecule has 78 valence electrons. The first-order chi connectivity index (χ1) is 7.72. The van der Waals surface area contributed by atoms with E-state index in [2.05, 4.69) is 12.0 Å². The lowest BCUT2D eigenvalue weighted by atomic mass is 9.98.